The number of piperazine rings is 1. The summed E-state index contributed by atoms with van der Waals surface area (Å²) in [5.41, 5.74) is 2.08. The van der Waals surface area contributed by atoms with Crippen LogP contribution in [-0.2, 0) is 16.1 Å². The third-order valence-corrected chi connectivity index (χ3v) is 6.05. The van der Waals surface area contributed by atoms with Crippen molar-refractivity contribution in [3.63, 3.8) is 0 Å². The Morgan fingerprint density at radius 1 is 1.00 bits per heavy atom. The lowest BCUT2D eigenvalue weighted by Gasteiger charge is -2.37. The molecule has 2 aromatic rings. The van der Waals surface area contributed by atoms with Gasteiger partial charge in [0.25, 0.3) is 0 Å². The molecule has 0 aromatic heterocycles. The number of rotatable bonds is 4. The predicted octanol–water partition coefficient (Wildman–Crippen LogP) is 2.69. The molecule has 4 rings (SSSR count). The van der Waals surface area contributed by atoms with E-state index in [2.05, 4.69) is 17.0 Å². The number of halogens is 1. The molecule has 29 heavy (non-hydrogen) atoms. The highest BCUT2D eigenvalue weighted by atomic mass is 19.1. The second kappa shape index (κ2) is 8.33. The highest BCUT2D eigenvalue weighted by Gasteiger charge is 2.44. The highest BCUT2D eigenvalue weighted by molar-refractivity contribution is 5.90. The summed E-state index contributed by atoms with van der Waals surface area (Å²) in [7, 11) is 1.72. The van der Waals surface area contributed by atoms with E-state index in [1.165, 1.54) is 17.7 Å². The zero-order chi connectivity index (χ0) is 20.4. The number of hydrogen-bond acceptors (Lipinski definition) is 3. The van der Waals surface area contributed by atoms with Crippen LogP contribution < -0.4 is 0 Å². The highest BCUT2D eigenvalue weighted by Crippen LogP contribution is 2.38. The fraction of sp³-hybridized carbons (Fsp3) is 0.391. The molecule has 2 aliphatic rings. The smallest absolute Gasteiger partial charge is 0.228 e. The molecule has 2 fully saturated rings. The van der Waals surface area contributed by atoms with Crippen LogP contribution in [0.5, 0.6) is 0 Å². The van der Waals surface area contributed by atoms with Gasteiger partial charge in [-0.15, -0.1) is 0 Å². The van der Waals surface area contributed by atoms with Gasteiger partial charge in [0.2, 0.25) is 11.8 Å². The van der Waals surface area contributed by atoms with Crippen LogP contribution in [0.3, 0.4) is 0 Å². The van der Waals surface area contributed by atoms with E-state index in [-0.39, 0.29) is 30.1 Å². The standard InChI is InChI=1S/C23H26FN3O2/c1-25-21(28)15-20(22(25)18-7-9-19(24)10-8-18)23(29)27-13-11-26(12-14-27)16-17-5-3-2-4-6-17/h2-10,20,22H,11-16H2,1H3/t20-,22-/m0/s1. The fourth-order valence-corrected chi connectivity index (χ4v) is 4.41. The van der Waals surface area contributed by atoms with Gasteiger partial charge in [-0.25, -0.2) is 4.39 Å². The number of amides is 2. The van der Waals surface area contributed by atoms with Crippen LogP contribution in [0.4, 0.5) is 4.39 Å². The van der Waals surface area contributed by atoms with Crippen molar-refractivity contribution < 1.29 is 14.0 Å². The maximum absolute atomic E-state index is 13.3. The maximum atomic E-state index is 13.3. The molecule has 2 saturated heterocycles. The third kappa shape index (κ3) is 4.17. The molecular formula is C23H26FN3O2. The number of likely N-dealkylation sites (tertiary alicyclic amines) is 1. The van der Waals surface area contributed by atoms with Gasteiger partial charge in [0, 0.05) is 46.2 Å². The summed E-state index contributed by atoms with van der Waals surface area (Å²) in [6.45, 7) is 3.84. The normalized spacial score (nSPS) is 22.9. The molecular weight excluding hydrogens is 369 g/mol. The number of hydrogen-bond donors (Lipinski definition) is 0. The Kier molecular flexibility index (Phi) is 5.62. The Morgan fingerprint density at radius 3 is 2.31 bits per heavy atom. The van der Waals surface area contributed by atoms with Gasteiger partial charge >= 0.3 is 0 Å². The molecule has 0 saturated carbocycles. The van der Waals surface area contributed by atoms with E-state index in [0.29, 0.717) is 13.1 Å². The van der Waals surface area contributed by atoms with Crippen LogP contribution >= 0.6 is 0 Å². The summed E-state index contributed by atoms with van der Waals surface area (Å²) >= 11 is 0. The molecule has 2 amide bonds. The number of benzene rings is 2. The Hall–Kier alpha value is -2.73. The van der Waals surface area contributed by atoms with E-state index in [9.17, 15) is 14.0 Å². The quantitative estimate of drug-likeness (QED) is 0.800. The van der Waals surface area contributed by atoms with Crippen LogP contribution in [0.15, 0.2) is 54.6 Å². The Balaban J connectivity index is 1.42. The lowest BCUT2D eigenvalue weighted by Crippen LogP contribution is -2.50. The van der Waals surface area contributed by atoms with E-state index in [4.69, 9.17) is 0 Å². The van der Waals surface area contributed by atoms with Crippen LogP contribution in [0.2, 0.25) is 0 Å². The van der Waals surface area contributed by atoms with Gasteiger partial charge < -0.3 is 9.80 Å². The molecule has 0 aliphatic carbocycles. The van der Waals surface area contributed by atoms with E-state index in [0.717, 1.165) is 25.2 Å². The van der Waals surface area contributed by atoms with Crippen molar-refractivity contribution in [3.8, 4) is 0 Å². The minimum atomic E-state index is -0.418. The molecule has 2 aromatic carbocycles. The van der Waals surface area contributed by atoms with Gasteiger partial charge in [-0.2, -0.15) is 0 Å². The summed E-state index contributed by atoms with van der Waals surface area (Å²) in [5, 5.41) is 0. The molecule has 2 aliphatic heterocycles. The van der Waals surface area contributed by atoms with Crippen LogP contribution in [0.25, 0.3) is 0 Å². The van der Waals surface area contributed by atoms with Crippen LogP contribution in [0.1, 0.15) is 23.6 Å². The first-order valence-electron chi connectivity index (χ1n) is 10.1. The third-order valence-electron chi connectivity index (χ3n) is 6.05. The van der Waals surface area contributed by atoms with Crippen molar-refractivity contribution in [1.82, 2.24) is 14.7 Å². The molecule has 6 heteroatoms. The van der Waals surface area contributed by atoms with Crippen molar-refractivity contribution in [2.75, 3.05) is 33.2 Å². The largest absolute Gasteiger partial charge is 0.340 e. The summed E-state index contributed by atoms with van der Waals surface area (Å²) in [6, 6.07) is 16.1. The molecule has 0 radical (unpaired) electrons. The minimum Gasteiger partial charge on any atom is -0.340 e. The first kappa shape index (κ1) is 19.6. The summed E-state index contributed by atoms with van der Waals surface area (Å²) in [4.78, 5) is 31.5. The van der Waals surface area contributed by atoms with Crippen molar-refractivity contribution in [3.05, 3.63) is 71.5 Å². The molecule has 0 unspecified atom stereocenters. The monoisotopic (exact) mass is 395 g/mol. The predicted molar refractivity (Wildman–Crippen MR) is 108 cm³/mol. The van der Waals surface area contributed by atoms with E-state index in [1.807, 2.05) is 23.1 Å². The summed E-state index contributed by atoms with van der Waals surface area (Å²) < 4.78 is 13.3. The average Bonchev–Trinajstić information content (AvgIpc) is 3.04. The van der Waals surface area contributed by atoms with E-state index < -0.39 is 5.92 Å². The van der Waals surface area contributed by atoms with Crippen molar-refractivity contribution in [2.24, 2.45) is 5.92 Å². The number of nitrogens with zero attached hydrogens (tertiary/aromatic N) is 3. The zero-order valence-corrected chi connectivity index (χ0v) is 16.6. The van der Waals surface area contributed by atoms with Crippen LogP contribution in [0, 0.1) is 11.7 Å². The topological polar surface area (TPSA) is 43.9 Å². The first-order chi connectivity index (χ1) is 14.0. The van der Waals surface area contributed by atoms with Gasteiger partial charge in [0.05, 0.1) is 12.0 Å². The Labute approximate surface area is 170 Å². The van der Waals surface area contributed by atoms with Gasteiger partial charge in [0.15, 0.2) is 0 Å². The first-order valence-corrected chi connectivity index (χ1v) is 10.1. The second-order valence-corrected chi connectivity index (χ2v) is 7.90. The van der Waals surface area contributed by atoms with Gasteiger partial charge in [-0.3, -0.25) is 14.5 Å². The molecule has 152 valence electrons. The zero-order valence-electron chi connectivity index (χ0n) is 16.6. The molecule has 2 atom stereocenters. The van der Waals surface area contributed by atoms with Crippen molar-refractivity contribution in [2.45, 2.75) is 19.0 Å². The molecule has 0 N–H and O–H groups in total. The summed E-state index contributed by atoms with van der Waals surface area (Å²) in [6.07, 6.45) is 0.210. The molecule has 0 bridgehead atoms. The maximum Gasteiger partial charge on any atom is 0.228 e. The van der Waals surface area contributed by atoms with Gasteiger partial charge in [-0.05, 0) is 23.3 Å². The van der Waals surface area contributed by atoms with Crippen molar-refractivity contribution >= 4 is 11.8 Å². The average molecular weight is 395 g/mol. The van der Waals surface area contributed by atoms with E-state index in [1.54, 1.807) is 24.1 Å². The minimum absolute atomic E-state index is 0.0244. The van der Waals surface area contributed by atoms with Gasteiger partial charge in [-0.1, -0.05) is 42.5 Å². The Morgan fingerprint density at radius 2 is 1.66 bits per heavy atom. The van der Waals surface area contributed by atoms with E-state index >= 15 is 0 Å². The lowest BCUT2D eigenvalue weighted by molar-refractivity contribution is -0.138. The number of carbonyl (C=O) groups is 2. The molecule has 5 nitrogen and oxygen atoms in total. The Bertz CT molecular complexity index is 863. The summed E-state index contributed by atoms with van der Waals surface area (Å²) in [5.74, 6) is -0.756. The van der Waals surface area contributed by atoms with Crippen LogP contribution in [-0.4, -0.2) is 59.7 Å². The van der Waals surface area contributed by atoms with Crippen molar-refractivity contribution in [1.29, 1.82) is 0 Å². The lowest BCUT2D eigenvalue weighted by atomic mass is 9.92. The molecule has 2 heterocycles. The number of carbonyl (C=O) groups excluding carboxylic acids is 2. The fourth-order valence-electron chi connectivity index (χ4n) is 4.41. The molecule has 0 spiro atoms. The SMILES string of the molecule is CN1C(=O)C[C@H](C(=O)N2CCN(Cc3ccccc3)CC2)[C@@H]1c1ccc(F)cc1. The van der Waals surface area contributed by atoms with Gasteiger partial charge in [0.1, 0.15) is 5.82 Å². The second-order valence-electron chi connectivity index (χ2n) is 7.90.